The molecule has 6 atom stereocenters. The fourth-order valence-electron chi connectivity index (χ4n) is 3.16. The second-order valence-electron chi connectivity index (χ2n) is 6.10. The minimum Gasteiger partial charge on any atom is -0.455 e. The molecule has 142 valence electrons. The molecule has 0 radical (unpaired) electrons. The Labute approximate surface area is 151 Å². The molecule has 2 aliphatic rings. The van der Waals surface area contributed by atoms with Crippen molar-refractivity contribution in [3.63, 3.8) is 0 Å². The van der Waals surface area contributed by atoms with Crippen molar-refractivity contribution in [2.75, 3.05) is 13.7 Å². The third-order valence-electron chi connectivity index (χ3n) is 4.19. The van der Waals surface area contributed by atoms with E-state index in [1.54, 1.807) is 0 Å². The summed E-state index contributed by atoms with van der Waals surface area (Å²) in [7, 11) is 1.42. The summed E-state index contributed by atoms with van der Waals surface area (Å²) in [5.74, 6) is -1.06. The van der Waals surface area contributed by atoms with Crippen molar-refractivity contribution < 1.29 is 38.0 Å². The summed E-state index contributed by atoms with van der Waals surface area (Å²) in [6.07, 6.45) is -4.57. The monoisotopic (exact) mass is 366 g/mol. The van der Waals surface area contributed by atoms with E-state index in [9.17, 15) is 9.59 Å². The first-order chi connectivity index (χ1) is 12.5. The van der Waals surface area contributed by atoms with Crippen LogP contribution in [0.3, 0.4) is 0 Å². The second kappa shape index (κ2) is 8.13. The molecule has 0 spiro atoms. The Morgan fingerprint density at radius 3 is 2.27 bits per heavy atom. The zero-order chi connectivity index (χ0) is 18.7. The largest absolute Gasteiger partial charge is 0.455 e. The normalized spacial score (nSPS) is 33.8. The van der Waals surface area contributed by atoms with Crippen molar-refractivity contribution in [2.45, 2.75) is 50.8 Å². The summed E-state index contributed by atoms with van der Waals surface area (Å²) in [5.41, 5.74) is 0.824. The molecule has 8 heteroatoms. The average Bonchev–Trinajstić information content (AvgIpc) is 2.63. The Bertz CT molecular complexity index is 633. The van der Waals surface area contributed by atoms with Gasteiger partial charge in [-0.1, -0.05) is 30.3 Å². The SMILES string of the molecule is CO[C@H]1O[C@@H]2CO[C@@H](c3ccccc3)O[C@H]2[C@H](OC(C)=O)[C@@H]1OC(C)=O. The molecule has 2 aliphatic heterocycles. The highest BCUT2D eigenvalue weighted by Crippen LogP contribution is 2.36. The molecule has 0 saturated carbocycles. The van der Waals surface area contributed by atoms with Crippen LogP contribution in [-0.4, -0.2) is 56.4 Å². The highest BCUT2D eigenvalue weighted by molar-refractivity contribution is 5.67. The lowest BCUT2D eigenvalue weighted by atomic mass is 9.97. The Balaban J connectivity index is 1.86. The number of fused-ring (bicyclic) bond motifs is 1. The van der Waals surface area contributed by atoms with Crippen LogP contribution in [0.1, 0.15) is 25.7 Å². The van der Waals surface area contributed by atoms with Crippen molar-refractivity contribution in [3.8, 4) is 0 Å². The molecule has 0 amide bonds. The van der Waals surface area contributed by atoms with E-state index in [-0.39, 0.29) is 6.61 Å². The molecular formula is C18H22O8. The lowest BCUT2D eigenvalue weighted by Gasteiger charge is -2.47. The summed E-state index contributed by atoms with van der Waals surface area (Å²) < 4.78 is 33.6. The van der Waals surface area contributed by atoms with Crippen molar-refractivity contribution in [3.05, 3.63) is 35.9 Å². The van der Waals surface area contributed by atoms with Gasteiger partial charge in [-0.15, -0.1) is 0 Å². The third kappa shape index (κ3) is 4.04. The van der Waals surface area contributed by atoms with Crippen molar-refractivity contribution in [1.82, 2.24) is 0 Å². The van der Waals surface area contributed by atoms with Gasteiger partial charge in [-0.05, 0) is 0 Å². The molecule has 0 aromatic heterocycles. The van der Waals surface area contributed by atoms with Crippen LogP contribution in [0.25, 0.3) is 0 Å². The quantitative estimate of drug-likeness (QED) is 0.738. The molecule has 8 nitrogen and oxygen atoms in total. The lowest BCUT2D eigenvalue weighted by Crippen LogP contribution is -2.64. The van der Waals surface area contributed by atoms with E-state index in [1.807, 2.05) is 30.3 Å². The number of carbonyl (C=O) groups excluding carboxylic acids is 2. The molecule has 0 aliphatic carbocycles. The van der Waals surface area contributed by atoms with Crippen LogP contribution >= 0.6 is 0 Å². The molecule has 1 aromatic carbocycles. The molecule has 2 saturated heterocycles. The van der Waals surface area contributed by atoms with E-state index in [0.717, 1.165) is 5.56 Å². The van der Waals surface area contributed by atoms with Gasteiger partial charge in [0.15, 0.2) is 24.8 Å². The molecule has 0 unspecified atom stereocenters. The first-order valence-corrected chi connectivity index (χ1v) is 8.34. The Morgan fingerprint density at radius 2 is 1.65 bits per heavy atom. The molecule has 2 fully saturated rings. The van der Waals surface area contributed by atoms with E-state index in [0.29, 0.717) is 0 Å². The summed E-state index contributed by atoms with van der Waals surface area (Å²) in [5, 5.41) is 0. The van der Waals surface area contributed by atoms with E-state index in [2.05, 4.69) is 0 Å². The minimum atomic E-state index is -0.947. The number of hydrogen-bond donors (Lipinski definition) is 0. The molecule has 0 bridgehead atoms. The number of rotatable bonds is 4. The van der Waals surface area contributed by atoms with E-state index in [1.165, 1.54) is 21.0 Å². The zero-order valence-electron chi connectivity index (χ0n) is 14.8. The highest BCUT2D eigenvalue weighted by Gasteiger charge is 2.53. The van der Waals surface area contributed by atoms with Gasteiger partial charge in [-0.25, -0.2) is 0 Å². The first kappa shape index (κ1) is 18.8. The molecule has 3 rings (SSSR count). The maximum Gasteiger partial charge on any atom is 0.303 e. The number of ether oxygens (including phenoxy) is 6. The van der Waals surface area contributed by atoms with E-state index >= 15 is 0 Å². The minimum absolute atomic E-state index is 0.217. The topological polar surface area (TPSA) is 89.5 Å². The van der Waals surface area contributed by atoms with Crippen molar-refractivity contribution in [2.24, 2.45) is 0 Å². The average molecular weight is 366 g/mol. The van der Waals surface area contributed by atoms with E-state index < -0.39 is 48.9 Å². The summed E-state index contributed by atoms with van der Waals surface area (Å²) in [6, 6.07) is 9.38. The van der Waals surface area contributed by atoms with Crippen molar-refractivity contribution in [1.29, 1.82) is 0 Å². The number of esters is 2. The van der Waals surface area contributed by atoms with Gasteiger partial charge in [-0.2, -0.15) is 0 Å². The van der Waals surface area contributed by atoms with Gasteiger partial charge in [0.2, 0.25) is 0 Å². The predicted molar refractivity (Wildman–Crippen MR) is 86.8 cm³/mol. The van der Waals surface area contributed by atoms with Crippen LogP contribution < -0.4 is 0 Å². The van der Waals surface area contributed by atoms with Crippen LogP contribution in [0.4, 0.5) is 0 Å². The maximum absolute atomic E-state index is 11.6. The number of benzene rings is 1. The first-order valence-electron chi connectivity index (χ1n) is 8.34. The van der Waals surface area contributed by atoms with Crippen LogP contribution in [0, 0.1) is 0 Å². The van der Waals surface area contributed by atoms with Gasteiger partial charge in [0, 0.05) is 26.5 Å². The van der Waals surface area contributed by atoms with Gasteiger partial charge in [0.1, 0.15) is 12.2 Å². The lowest BCUT2D eigenvalue weighted by molar-refractivity contribution is -0.359. The Morgan fingerprint density at radius 1 is 1.00 bits per heavy atom. The Hall–Kier alpha value is -2.00. The van der Waals surface area contributed by atoms with E-state index in [4.69, 9.17) is 28.4 Å². The molecular weight excluding hydrogens is 344 g/mol. The fourth-order valence-corrected chi connectivity index (χ4v) is 3.16. The number of hydrogen-bond acceptors (Lipinski definition) is 8. The zero-order valence-corrected chi connectivity index (χ0v) is 14.8. The summed E-state index contributed by atoms with van der Waals surface area (Å²) in [6.45, 7) is 2.76. The second-order valence-corrected chi connectivity index (χ2v) is 6.10. The molecule has 1 aromatic rings. The maximum atomic E-state index is 11.6. The van der Waals surface area contributed by atoms with Crippen LogP contribution in [0.2, 0.25) is 0 Å². The molecule has 0 N–H and O–H groups in total. The molecule has 26 heavy (non-hydrogen) atoms. The summed E-state index contributed by atoms with van der Waals surface area (Å²) >= 11 is 0. The highest BCUT2D eigenvalue weighted by atomic mass is 16.8. The number of carbonyl (C=O) groups is 2. The standard InChI is InChI=1S/C18H22O8/c1-10(19)23-15-14-13(25-18(21-3)16(15)24-11(2)20)9-22-17(26-14)12-7-5-4-6-8-12/h4-8,13-18H,9H2,1-3H3/t13-,14-,15+,16+,17-,18+/m1/s1. The Kier molecular flexibility index (Phi) is 5.87. The van der Waals surface area contributed by atoms with Gasteiger partial charge >= 0.3 is 11.9 Å². The van der Waals surface area contributed by atoms with Gasteiger partial charge < -0.3 is 28.4 Å². The smallest absolute Gasteiger partial charge is 0.303 e. The van der Waals surface area contributed by atoms with Crippen LogP contribution in [0.15, 0.2) is 30.3 Å². The van der Waals surface area contributed by atoms with Gasteiger partial charge in [0.25, 0.3) is 0 Å². The van der Waals surface area contributed by atoms with Gasteiger partial charge in [0.05, 0.1) is 6.61 Å². The summed E-state index contributed by atoms with van der Waals surface area (Å²) in [4.78, 5) is 23.1. The fraction of sp³-hybridized carbons (Fsp3) is 0.556. The van der Waals surface area contributed by atoms with Crippen LogP contribution in [0.5, 0.6) is 0 Å². The molecule has 2 heterocycles. The van der Waals surface area contributed by atoms with Crippen LogP contribution in [-0.2, 0) is 38.0 Å². The van der Waals surface area contributed by atoms with Gasteiger partial charge in [-0.3, -0.25) is 9.59 Å². The number of methoxy groups -OCH3 is 1. The third-order valence-corrected chi connectivity index (χ3v) is 4.19. The van der Waals surface area contributed by atoms with Crippen molar-refractivity contribution >= 4 is 11.9 Å². The predicted octanol–water partition coefficient (Wildman–Crippen LogP) is 1.34.